The van der Waals surface area contributed by atoms with Crippen molar-refractivity contribution in [1.29, 1.82) is 0 Å². The Bertz CT molecular complexity index is 431. The SMILES string of the molecule is CCc1ccc(NC(=O)CSCCCCC(=O)O)cc1. The van der Waals surface area contributed by atoms with Crippen LogP contribution in [0, 0.1) is 0 Å². The zero-order chi connectivity index (χ0) is 14.8. The molecule has 0 unspecified atom stereocenters. The van der Waals surface area contributed by atoms with E-state index < -0.39 is 5.97 Å². The van der Waals surface area contributed by atoms with E-state index in [1.54, 1.807) is 0 Å². The van der Waals surface area contributed by atoms with E-state index in [1.165, 1.54) is 17.3 Å². The molecule has 0 fully saturated rings. The van der Waals surface area contributed by atoms with Gasteiger partial charge in [0.25, 0.3) is 0 Å². The monoisotopic (exact) mass is 295 g/mol. The number of carbonyl (C=O) groups excluding carboxylic acids is 1. The average Bonchev–Trinajstić information content (AvgIpc) is 2.43. The van der Waals surface area contributed by atoms with Gasteiger partial charge in [-0.2, -0.15) is 11.8 Å². The highest BCUT2D eigenvalue weighted by molar-refractivity contribution is 7.99. The molecule has 0 aliphatic heterocycles. The smallest absolute Gasteiger partial charge is 0.303 e. The van der Waals surface area contributed by atoms with Crippen molar-refractivity contribution < 1.29 is 14.7 Å². The first kappa shape index (κ1) is 16.6. The van der Waals surface area contributed by atoms with Crippen molar-refractivity contribution in [2.75, 3.05) is 16.8 Å². The molecule has 1 rings (SSSR count). The number of carboxylic acids is 1. The number of nitrogens with one attached hydrogen (secondary N) is 1. The number of anilines is 1. The lowest BCUT2D eigenvalue weighted by molar-refractivity contribution is -0.137. The van der Waals surface area contributed by atoms with Gasteiger partial charge in [0.1, 0.15) is 0 Å². The van der Waals surface area contributed by atoms with Crippen LogP contribution in [-0.2, 0) is 16.0 Å². The molecule has 0 bridgehead atoms. The first-order valence-electron chi connectivity index (χ1n) is 6.80. The van der Waals surface area contributed by atoms with Crippen LogP contribution in [0.15, 0.2) is 24.3 Å². The summed E-state index contributed by atoms with van der Waals surface area (Å²) >= 11 is 1.53. The number of rotatable bonds is 9. The Morgan fingerprint density at radius 3 is 2.50 bits per heavy atom. The number of hydrogen-bond donors (Lipinski definition) is 2. The van der Waals surface area contributed by atoms with Crippen molar-refractivity contribution in [3.8, 4) is 0 Å². The van der Waals surface area contributed by atoms with E-state index in [2.05, 4.69) is 12.2 Å². The van der Waals surface area contributed by atoms with Crippen molar-refractivity contribution >= 4 is 29.3 Å². The average molecular weight is 295 g/mol. The summed E-state index contributed by atoms with van der Waals surface area (Å²) in [5, 5.41) is 11.3. The molecule has 0 aliphatic carbocycles. The van der Waals surface area contributed by atoms with Gasteiger partial charge in [-0.1, -0.05) is 19.1 Å². The van der Waals surface area contributed by atoms with Gasteiger partial charge in [-0.25, -0.2) is 0 Å². The normalized spacial score (nSPS) is 10.2. The lowest BCUT2D eigenvalue weighted by atomic mass is 10.1. The molecule has 0 spiro atoms. The molecule has 1 aromatic rings. The minimum absolute atomic E-state index is 0.0162. The molecule has 5 heteroatoms. The second-order valence-corrected chi connectivity index (χ2v) is 5.61. The first-order chi connectivity index (χ1) is 9.61. The van der Waals surface area contributed by atoms with Crippen LogP contribution < -0.4 is 5.32 Å². The molecular formula is C15H21NO3S. The zero-order valence-corrected chi connectivity index (χ0v) is 12.5. The number of carboxylic acid groups (broad SMARTS) is 1. The molecule has 1 amide bonds. The minimum atomic E-state index is -0.761. The quantitative estimate of drug-likeness (QED) is 0.687. The molecule has 110 valence electrons. The summed E-state index contributed by atoms with van der Waals surface area (Å²) in [6.07, 6.45) is 2.69. The van der Waals surface area contributed by atoms with Gasteiger partial charge in [-0.3, -0.25) is 9.59 Å². The van der Waals surface area contributed by atoms with E-state index in [0.717, 1.165) is 24.3 Å². The Kier molecular flexibility index (Phi) is 7.80. The summed E-state index contributed by atoms with van der Waals surface area (Å²) in [6, 6.07) is 7.84. The predicted octanol–water partition coefficient (Wildman–Crippen LogP) is 3.18. The number of unbranched alkanes of at least 4 members (excludes halogenated alkanes) is 1. The Labute approximate surface area is 124 Å². The lowest BCUT2D eigenvalue weighted by Crippen LogP contribution is -2.14. The van der Waals surface area contributed by atoms with Crippen LogP contribution in [0.2, 0.25) is 0 Å². The molecule has 0 aliphatic rings. The van der Waals surface area contributed by atoms with Gasteiger partial charge in [0.2, 0.25) is 5.91 Å². The van der Waals surface area contributed by atoms with Crippen LogP contribution in [0.3, 0.4) is 0 Å². The summed E-state index contributed by atoms with van der Waals surface area (Å²) in [6.45, 7) is 2.09. The van der Waals surface area contributed by atoms with Gasteiger partial charge < -0.3 is 10.4 Å². The highest BCUT2D eigenvalue weighted by Gasteiger charge is 2.03. The van der Waals surface area contributed by atoms with Crippen molar-refractivity contribution in [1.82, 2.24) is 0 Å². The van der Waals surface area contributed by atoms with E-state index in [0.29, 0.717) is 12.2 Å². The third kappa shape index (κ3) is 7.19. The van der Waals surface area contributed by atoms with Crippen molar-refractivity contribution in [3.63, 3.8) is 0 Å². The van der Waals surface area contributed by atoms with Crippen LogP contribution in [0.4, 0.5) is 5.69 Å². The number of benzene rings is 1. The van der Waals surface area contributed by atoms with Crippen molar-refractivity contribution in [3.05, 3.63) is 29.8 Å². The molecule has 0 saturated heterocycles. The maximum Gasteiger partial charge on any atom is 0.303 e. The number of hydrogen-bond acceptors (Lipinski definition) is 3. The number of thioether (sulfide) groups is 1. The van der Waals surface area contributed by atoms with Gasteiger partial charge in [0.05, 0.1) is 5.75 Å². The first-order valence-corrected chi connectivity index (χ1v) is 7.95. The summed E-state index contributed by atoms with van der Waals surface area (Å²) in [5.41, 5.74) is 2.06. The third-order valence-electron chi connectivity index (χ3n) is 2.81. The number of aryl methyl sites for hydroxylation is 1. The zero-order valence-electron chi connectivity index (χ0n) is 11.7. The number of aliphatic carboxylic acids is 1. The van der Waals surface area contributed by atoms with Crippen LogP contribution in [-0.4, -0.2) is 28.5 Å². The van der Waals surface area contributed by atoms with E-state index in [1.807, 2.05) is 24.3 Å². The Hall–Kier alpha value is -1.49. The molecule has 4 nitrogen and oxygen atoms in total. The van der Waals surface area contributed by atoms with E-state index in [-0.39, 0.29) is 12.3 Å². The summed E-state index contributed by atoms with van der Waals surface area (Å²) in [5.74, 6) is 0.443. The predicted molar refractivity (Wildman–Crippen MR) is 83.3 cm³/mol. The topological polar surface area (TPSA) is 66.4 Å². The minimum Gasteiger partial charge on any atom is -0.481 e. The lowest BCUT2D eigenvalue weighted by Gasteiger charge is -2.06. The molecule has 0 aromatic heterocycles. The fraction of sp³-hybridized carbons (Fsp3) is 0.467. The molecule has 2 N–H and O–H groups in total. The van der Waals surface area contributed by atoms with Gasteiger partial charge in [-0.15, -0.1) is 0 Å². The Morgan fingerprint density at radius 1 is 1.20 bits per heavy atom. The Morgan fingerprint density at radius 2 is 1.90 bits per heavy atom. The van der Waals surface area contributed by atoms with E-state index in [9.17, 15) is 9.59 Å². The van der Waals surface area contributed by atoms with Crippen molar-refractivity contribution in [2.24, 2.45) is 0 Å². The molecule has 0 heterocycles. The standard InChI is InChI=1S/C15H21NO3S/c1-2-12-6-8-13(9-7-12)16-14(17)11-20-10-4-3-5-15(18)19/h6-9H,2-5,10-11H2,1H3,(H,16,17)(H,18,19). The van der Waals surface area contributed by atoms with Crippen LogP contribution >= 0.6 is 11.8 Å². The maximum atomic E-state index is 11.7. The molecule has 0 saturated carbocycles. The van der Waals surface area contributed by atoms with Crippen LogP contribution in [0.25, 0.3) is 0 Å². The van der Waals surface area contributed by atoms with Gasteiger partial charge in [-0.05, 0) is 42.7 Å². The number of carbonyl (C=O) groups is 2. The highest BCUT2D eigenvalue weighted by atomic mass is 32.2. The Balaban J connectivity index is 2.15. The molecule has 0 radical (unpaired) electrons. The van der Waals surface area contributed by atoms with Crippen LogP contribution in [0.1, 0.15) is 31.7 Å². The number of amides is 1. The fourth-order valence-electron chi connectivity index (χ4n) is 1.67. The second kappa shape index (κ2) is 9.42. The summed E-state index contributed by atoms with van der Waals surface area (Å²) in [7, 11) is 0. The fourth-order valence-corrected chi connectivity index (χ4v) is 2.48. The summed E-state index contributed by atoms with van der Waals surface area (Å²) < 4.78 is 0. The molecule has 20 heavy (non-hydrogen) atoms. The second-order valence-electron chi connectivity index (χ2n) is 4.50. The highest BCUT2D eigenvalue weighted by Crippen LogP contribution is 2.11. The molecule has 0 atom stereocenters. The summed E-state index contributed by atoms with van der Waals surface area (Å²) in [4.78, 5) is 22.0. The third-order valence-corrected chi connectivity index (χ3v) is 3.85. The van der Waals surface area contributed by atoms with Gasteiger partial charge in [0.15, 0.2) is 0 Å². The largest absolute Gasteiger partial charge is 0.481 e. The van der Waals surface area contributed by atoms with Crippen molar-refractivity contribution in [2.45, 2.75) is 32.6 Å². The van der Waals surface area contributed by atoms with Gasteiger partial charge >= 0.3 is 5.97 Å². The van der Waals surface area contributed by atoms with Gasteiger partial charge in [0, 0.05) is 12.1 Å². The maximum absolute atomic E-state index is 11.7. The van der Waals surface area contributed by atoms with E-state index in [4.69, 9.17) is 5.11 Å². The van der Waals surface area contributed by atoms with Crippen LogP contribution in [0.5, 0.6) is 0 Å². The molecule has 1 aromatic carbocycles. The molecular weight excluding hydrogens is 274 g/mol. The van der Waals surface area contributed by atoms with E-state index >= 15 is 0 Å².